The number of halogens is 1. The molecule has 0 saturated carbocycles. The van der Waals surface area contributed by atoms with Gasteiger partial charge in [0.2, 0.25) is 0 Å². The van der Waals surface area contributed by atoms with Gasteiger partial charge in [-0.2, -0.15) is 0 Å². The highest BCUT2D eigenvalue weighted by Crippen LogP contribution is 2.27. The maximum absolute atomic E-state index is 5.86. The lowest BCUT2D eigenvalue weighted by molar-refractivity contribution is 0.482. The van der Waals surface area contributed by atoms with E-state index in [0.717, 1.165) is 0 Å². The Morgan fingerprint density at radius 2 is 1.80 bits per heavy atom. The lowest BCUT2D eigenvalue weighted by Gasteiger charge is -2.06. The Balaban J connectivity index is 2.22. The van der Waals surface area contributed by atoms with Crippen LogP contribution in [0.25, 0.3) is 0 Å². The quantitative estimate of drug-likeness (QED) is 0.792. The molecule has 3 nitrogen and oxygen atoms in total. The van der Waals surface area contributed by atoms with E-state index in [1.807, 2.05) is 0 Å². The Morgan fingerprint density at radius 1 is 1.07 bits per heavy atom. The normalized spacial score (nSPS) is 9.93. The molecule has 2 rings (SSSR count). The molecule has 0 bridgehead atoms. The molecule has 0 amide bonds. The highest BCUT2D eigenvalue weighted by atomic mass is 35.5. The zero-order chi connectivity index (χ0) is 10.7. The van der Waals surface area contributed by atoms with Crippen molar-refractivity contribution in [2.45, 2.75) is 0 Å². The molecule has 15 heavy (non-hydrogen) atoms. The number of nitrogens with zero attached hydrogens (tertiary/aromatic N) is 1. The number of rotatable bonds is 2. The fraction of sp³-hybridized carbons (Fsp3) is 0. The third-order valence-corrected chi connectivity index (χ3v) is 2.18. The molecule has 0 atom stereocenters. The minimum atomic E-state index is 0.488. The Bertz CT molecular complexity index is 459. The third-order valence-electron chi connectivity index (χ3n) is 1.86. The lowest BCUT2D eigenvalue weighted by Crippen LogP contribution is -1.88. The smallest absolute Gasteiger partial charge is 0.130 e. The van der Waals surface area contributed by atoms with Crippen molar-refractivity contribution in [1.29, 1.82) is 0 Å². The average molecular weight is 221 g/mol. The maximum Gasteiger partial charge on any atom is 0.130 e. The maximum atomic E-state index is 5.86. The molecule has 0 spiro atoms. The molecule has 0 radical (unpaired) electrons. The van der Waals surface area contributed by atoms with Crippen molar-refractivity contribution in [1.82, 2.24) is 4.98 Å². The van der Waals surface area contributed by atoms with Gasteiger partial charge in [0.25, 0.3) is 0 Å². The number of nitrogen functional groups attached to an aromatic ring is 1. The summed E-state index contributed by atoms with van der Waals surface area (Å²) in [4.78, 5) is 3.89. The van der Waals surface area contributed by atoms with Gasteiger partial charge in [-0.05, 0) is 24.3 Å². The average Bonchev–Trinajstić information content (AvgIpc) is 2.25. The van der Waals surface area contributed by atoms with E-state index in [0.29, 0.717) is 22.2 Å². The van der Waals surface area contributed by atoms with Crippen LogP contribution in [0.2, 0.25) is 5.02 Å². The highest BCUT2D eigenvalue weighted by Gasteiger charge is 2.00. The molecule has 0 aliphatic rings. The first-order valence-electron chi connectivity index (χ1n) is 4.38. The van der Waals surface area contributed by atoms with Crippen LogP contribution >= 0.6 is 11.6 Å². The molecule has 2 aromatic rings. The first-order valence-corrected chi connectivity index (χ1v) is 4.76. The van der Waals surface area contributed by atoms with Crippen LogP contribution in [0.5, 0.6) is 11.5 Å². The summed E-state index contributed by atoms with van der Waals surface area (Å²) in [6.07, 6.45) is 3.32. The topological polar surface area (TPSA) is 48.1 Å². The number of hydrogen-bond donors (Lipinski definition) is 1. The summed E-state index contributed by atoms with van der Waals surface area (Å²) in [5.74, 6) is 1.37. The first kappa shape index (κ1) is 9.80. The molecule has 4 heteroatoms. The van der Waals surface area contributed by atoms with Crippen LogP contribution in [0, 0.1) is 0 Å². The lowest BCUT2D eigenvalue weighted by atomic mass is 10.3. The Morgan fingerprint density at radius 3 is 2.47 bits per heavy atom. The van der Waals surface area contributed by atoms with E-state index >= 15 is 0 Å². The van der Waals surface area contributed by atoms with Crippen LogP contribution in [0.15, 0.2) is 42.7 Å². The summed E-state index contributed by atoms with van der Waals surface area (Å²) in [7, 11) is 0. The van der Waals surface area contributed by atoms with Crippen molar-refractivity contribution in [3.8, 4) is 11.5 Å². The van der Waals surface area contributed by atoms with Gasteiger partial charge in [0, 0.05) is 18.5 Å². The number of anilines is 1. The molecule has 0 aliphatic carbocycles. The van der Waals surface area contributed by atoms with Crippen LogP contribution in [-0.4, -0.2) is 4.98 Å². The molecule has 76 valence electrons. The summed E-state index contributed by atoms with van der Waals surface area (Å²) >= 11 is 5.86. The number of pyridine rings is 1. The van der Waals surface area contributed by atoms with Gasteiger partial charge in [-0.15, -0.1) is 0 Å². The number of nitrogens with two attached hydrogens (primary N) is 1. The zero-order valence-corrected chi connectivity index (χ0v) is 8.61. The van der Waals surface area contributed by atoms with Crippen molar-refractivity contribution in [2.75, 3.05) is 5.73 Å². The molecule has 0 saturated heterocycles. The number of aromatic nitrogens is 1. The summed E-state index contributed by atoms with van der Waals surface area (Å²) in [5.41, 5.74) is 6.13. The van der Waals surface area contributed by atoms with E-state index in [2.05, 4.69) is 4.98 Å². The van der Waals surface area contributed by atoms with Gasteiger partial charge in [0.15, 0.2) is 0 Å². The largest absolute Gasteiger partial charge is 0.457 e. The van der Waals surface area contributed by atoms with Gasteiger partial charge in [-0.3, -0.25) is 4.98 Å². The monoisotopic (exact) mass is 220 g/mol. The Kier molecular flexibility index (Phi) is 2.74. The van der Waals surface area contributed by atoms with Crippen molar-refractivity contribution >= 4 is 17.3 Å². The van der Waals surface area contributed by atoms with Gasteiger partial charge >= 0.3 is 0 Å². The first-order chi connectivity index (χ1) is 7.25. The molecule has 0 aliphatic heterocycles. The van der Waals surface area contributed by atoms with Crippen molar-refractivity contribution < 1.29 is 4.74 Å². The van der Waals surface area contributed by atoms with Crippen LogP contribution in [0.3, 0.4) is 0 Å². The van der Waals surface area contributed by atoms with E-state index in [-0.39, 0.29) is 0 Å². The van der Waals surface area contributed by atoms with E-state index in [4.69, 9.17) is 22.1 Å². The zero-order valence-electron chi connectivity index (χ0n) is 7.85. The fourth-order valence-corrected chi connectivity index (χ4v) is 1.28. The van der Waals surface area contributed by atoms with E-state index in [1.165, 1.54) is 0 Å². The molecular formula is C11H9ClN2O. The second kappa shape index (κ2) is 4.19. The van der Waals surface area contributed by atoms with E-state index in [9.17, 15) is 0 Å². The molecule has 1 aromatic carbocycles. The standard InChI is InChI=1S/C11H9ClN2O/c12-10-7-9(1-2-11(10)13)15-8-3-5-14-6-4-8/h1-7H,13H2. The predicted octanol–water partition coefficient (Wildman–Crippen LogP) is 3.11. The van der Waals surface area contributed by atoms with E-state index < -0.39 is 0 Å². The number of hydrogen-bond acceptors (Lipinski definition) is 3. The summed E-state index contributed by atoms with van der Waals surface area (Å²) < 4.78 is 5.53. The molecule has 1 aromatic heterocycles. The molecule has 2 N–H and O–H groups in total. The third kappa shape index (κ3) is 2.39. The molecular weight excluding hydrogens is 212 g/mol. The molecule has 0 fully saturated rings. The molecule has 1 heterocycles. The highest BCUT2D eigenvalue weighted by molar-refractivity contribution is 6.33. The second-order valence-corrected chi connectivity index (χ2v) is 3.38. The van der Waals surface area contributed by atoms with E-state index in [1.54, 1.807) is 42.7 Å². The SMILES string of the molecule is Nc1ccc(Oc2ccncc2)cc1Cl. The van der Waals surface area contributed by atoms with Gasteiger partial charge < -0.3 is 10.5 Å². The van der Waals surface area contributed by atoms with Crippen LogP contribution in [0.4, 0.5) is 5.69 Å². The predicted molar refractivity (Wildman–Crippen MR) is 60.2 cm³/mol. The summed E-state index contributed by atoms with van der Waals surface area (Å²) in [6, 6.07) is 8.69. The van der Waals surface area contributed by atoms with Crippen LogP contribution in [0.1, 0.15) is 0 Å². The fourth-order valence-electron chi connectivity index (χ4n) is 1.11. The Hall–Kier alpha value is -1.74. The summed E-state index contributed by atoms with van der Waals surface area (Å²) in [6.45, 7) is 0. The minimum absolute atomic E-state index is 0.488. The van der Waals surface area contributed by atoms with Gasteiger partial charge in [0.1, 0.15) is 11.5 Å². The Labute approximate surface area is 92.5 Å². The van der Waals surface area contributed by atoms with Crippen molar-refractivity contribution in [3.05, 3.63) is 47.7 Å². The van der Waals surface area contributed by atoms with Gasteiger partial charge in [0.05, 0.1) is 10.7 Å². The van der Waals surface area contributed by atoms with Crippen LogP contribution in [-0.2, 0) is 0 Å². The number of benzene rings is 1. The minimum Gasteiger partial charge on any atom is -0.457 e. The van der Waals surface area contributed by atoms with Crippen molar-refractivity contribution in [2.24, 2.45) is 0 Å². The van der Waals surface area contributed by atoms with Gasteiger partial charge in [-0.25, -0.2) is 0 Å². The number of ether oxygens (including phenoxy) is 1. The summed E-state index contributed by atoms with van der Waals surface area (Å²) in [5, 5.41) is 0.488. The van der Waals surface area contributed by atoms with Crippen LogP contribution < -0.4 is 10.5 Å². The van der Waals surface area contributed by atoms with Gasteiger partial charge in [-0.1, -0.05) is 11.6 Å². The van der Waals surface area contributed by atoms with Crippen molar-refractivity contribution in [3.63, 3.8) is 0 Å². The second-order valence-electron chi connectivity index (χ2n) is 2.97. The molecule has 0 unspecified atom stereocenters.